The highest BCUT2D eigenvalue weighted by Crippen LogP contribution is 2.09. The molecule has 0 aliphatic rings. The average Bonchev–Trinajstić information content (AvgIpc) is 2.50. The third kappa shape index (κ3) is 3.45. The predicted molar refractivity (Wildman–Crippen MR) is 54.7 cm³/mol. The highest BCUT2D eigenvalue weighted by Gasteiger charge is 2.09. The van der Waals surface area contributed by atoms with E-state index in [1.165, 1.54) is 0 Å². The maximum atomic E-state index is 9.56. The Morgan fingerprint density at radius 1 is 1.54 bits per heavy atom. The lowest BCUT2D eigenvalue weighted by atomic mass is 10.2. The zero-order chi connectivity index (χ0) is 9.90. The van der Waals surface area contributed by atoms with Crippen LogP contribution >= 0.6 is 0 Å². The van der Waals surface area contributed by atoms with Crippen molar-refractivity contribution in [3.8, 4) is 11.5 Å². The van der Waals surface area contributed by atoms with Crippen LogP contribution in [0.15, 0.2) is 12.4 Å². The number of H-pyrrole nitrogens is 1. The molecule has 0 bridgehead atoms. The van der Waals surface area contributed by atoms with Crippen molar-refractivity contribution in [3.63, 3.8) is 0 Å². The molecule has 0 aromatic carbocycles. The second kappa shape index (κ2) is 3.77. The Morgan fingerprint density at radius 2 is 2.23 bits per heavy atom. The number of aromatic nitrogens is 2. The number of nitrogens with zero attached hydrogens (tertiary/aromatic N) is 1. The fraction of sp³-hybridized carbons (Fsp3) is 0.444. The van der Waals surface area contributed by atoms with Crippen molar-refractivity contribution >= 4 is 8.07 Å². The van der Waals surface area contributed by atoms with Gasteiger partial charge in [-0.25, -0.2) is 0 Å². The van der Waals surface area contributed by atoms with E-state index in [4.69, 9.17) is 0 Å². The highest BCUT2D eigenvalue weighted by molar-refractivity contribution is 6.83. The molecule has 0 amide bonds. The Balaban J connectivity index is 2.69. The fourth-order valence-electron chi connectivity index (χ4n) is 0.779. The topological polar surface area (TPSA) is 48.9 Å². The van der Waals surface area contributed by atoms with E-state index in [-0.39, 0.29) is 0 Å². The summed E-state index contributed by atoms with van der Waals surface area (Å²) >= 11 is 0. The Morgan fingerprint density at radius 3 is 2.69 bits per heavy atom. The lowest BCUT2D eigenvalue weighted by Gasteiger charge is -2.05. The second-order valence-corrected chi connectivity index (χ2v) is 8.70. The molecule has 13 heavy (non-hydrogen) atoms. The largest absolute Gasteiger partial charge is 0.376 e. The molecule has 0 radical (unpaired) electrons. The average molecular weight is 194 g/mol. The molecule has 1 unspecified atom stereocenters. The lowest BCUT2D eigenvalue weighted by Crippen LogP contribution is -2.16. The Kier molecular flexibility index (Phi) is 2.91. The quantitative estimate of drug-likeness (QED) is 0.523. The zero-order valence-corrected chi connectivity index (χ0v) is 9.13. The number of nitrogens with one attached hydrogen (secondary N) is 1. The predicted octanol–water partition coefficient (Wildman–Crippen LogP) is 1.32. The van der Waals surface area contributed by atoms with E-state index in [1.807, 2.05) is 0 Å². The molecule has 1 rings (SSSR count). The van der Waals surface area contributed by atoms with Gasteiger partial charge >= 0.3 is 0 Å². The lowest BCUT2D eigenvalue weighted by molar-refractivity contribution is 0.238. The van der Waals surface area contributed by atoms with Crippen LogP contribution in [0.3, 0.4) is 0 Å². The summed E-state index contributed by atoms with van der Waals surface area (Å²) in [6.45, 7) is 6.42. The Hall–Kier alpha value is -1.05. The maximum absolute atomic E-state index is 9.56. The fourth-order valence-corrected chi connectivity index (χ4v) is 1.35. The van der Waals surface area contributed by atoms with Gasteiger partial charge in [-0.05, 0) is 0 Å². The molecule has 1 heterocycles. The van der Waals surface area contributed by atoms with E-state index in [0.29, 0.717) is 0 Å². The molecular weight excluding hydrogens is 180 g/mol. The van der Waals surface area contributed by atoms with Gasteiger partial charge in [0.2, 0.25) is 0 Å². The van der Waals surface area contributed by atoms with Gasteiger partial charge in [-0.3, -0.25) is 5.10 Å². The minimum atomic E-state index is -1.38. The van der Waals surface area contributed by atoms with Gasteiger partial charge in [-0.15, -0.1) is 5.54 Å². The van der Waals surface area contributed by atoms with Crippen molar-refractivity contribution in [1.82, 2.24) is 10.2 Å². The van der Waals surface area contributed by atoms with Crippen LogP contribution < -0.4 is 0 Å². The summed E-state index contributed by atoms with van der Waals surface area (Å²) in [6.07, 6.45) is 2.54. The number of hydrogen-bond donors (Lipinski definition) is 2. The smallest absolute Gasteiger partial charge is 0.142 e. The van der Waals surface area contributed by atoms with Crippen molar-refractivity contribution in [2.24, 2.45) is 0 Å². The van der Waals surface area contributed by atoms with Gasteiger partial charge in [0.05, 0.1) is 6.20 Å². The van der Waals surface area contributed by atoms with Gasteiger partial charge in [-0.1, -0.05) is 25.6 Å². The van der Waals surface area contributed by atoms with Gasteiger partial charge in [0.15, 0.2) is 0 Å². The van der Waals surface area contributed by atoms with E-state index in [9.17, 15) is 5.11 Å². The molecule has 0 saturated carbocycles. The summed E-state index contributed by atoms with van der Waals surface area (Å²) < 4.78 is 0. The zero-order valence-electron chi connectivity index (χ0n) is 8.13. The second-order valence-electron chi connectivity index (χ2n) is 3.95. The van der Waals surface area contributed by atoms with Crippen molar-refractivity contribution in [2.45, 2.75) is 25.7 Å². The van der Waals surface area contributed by atoms with Crippen molar-refractivity contribution in [2.75, 3.05) is 0 Å². The van der Waals surface area contributed by atoms with E-state index in [1.54, 1.807) is 12.4 Å². The number of aliphatic hydroxyl groups excluding tert-OH is 1. The van der Waals surface area contributed by atoms with Crippen LogP contribution in [0, 0.1) is 11.5 Å². The van der Waals surface area contributed by atoms with Crippen molar-refractivity contribution in [1.29, 1.82) is 0 Å². The SMILES string of the molecule is C[Si](C)(C)C#CC(O)c1cn[nH]c1. The van der Waals surface area contributed by atoms with Crippen LogP contribution in [-0.2, 0) is 0 Å². The van der Waals surface area contributed by atoms with Crippen LogP contribution in [0.4, 0.5) is 0 Å². The summed E-state index contributed by atoms with van der Waals surface area (Å²) in [5.74, 6) is 2.83. The van der Waals surface area contributed by atoms with Crippen molar-refractivity contribution in [3.05, 3.63) is 18.0 Å². The van der Waals surface area contributed by atoms with Crippen LogP contribution in [0.5, 0.6) is 0 Å². The van der Waals surface area contributed by atoms with Gasteiger partial charge in [0.25, 0.3) is 0 Å². The van der Waals surface area contributed by atoms with Crippen LogP contribution in [0.1, 0.15) is 11.7 Å². The summed E-state index contributed by atoms with van der Waals surface area (Å²) in [6, 6.07) is 0. The van der Waals surface area contributed by atoms with Gasteiger partial charge in [0, 0.05) is 11.8 Å². The first-order valence-electron chi connectivity index (χ1n) is 4.18. The third-order valence-electron chi connectivity index (χ3n) is 1.42. The normalized spacial score (nSPS) is 13.2. The molecule has 0 spiro atoms. The molecule has 1 aromatic heterocycles. The third-order valence-corrected chi connectivity index (χ3v) is 2.31. The summed E-state index contributed by atoms with van der Waals surface area (Å²) in [5, 5.41) is 15.9. The van der Waals surface area contributed by atoms with E-state index in [0.717, 1.165) is 5.56 Å². The molecule has 0 aliphatic heterocycles. The van der Waals surface area contributed by atoms with Crippen LogP contribution in [-0.4, -0.2) is 23.4 Å². The minimum Gasteiger partial charge on any atom is -0.376 e. The molecule has 70 valence electrons. The van der Waals surface area contributed by atoms with E-state index in [2.05, 4.69) is 41.3 Å². The molecule has 1 aromatic rings. The first-order chi connectivity index (χ1) is 5.99. The molecule has 0 aliphatic carbocycles. The highest BCUT2D eigenvalue weighted by atomic mass is 28.3. The first-order valence-corrected chi connectivity index (χ1v) is 7.68. The Bertz CT molecular complexity index is 316. The maximum Gasteiger partial charge on any atom is 0.142 e. The van der Waals surface area contributed by atoms with E-state index >= 15 is 0 Å². The number of rotatable bonds is 1. The molecule has 4 heteroatoms. The van der Waals surface area contributed by atoms with E-state index < -0.39 is 14.2 Å². The molecule has 0 fully saturated rings. The molecular formula is C9H14N2OSi. The summed E-state index contributed by atoms with van der Waals surface area (Å²) in [4.78, 5) is 0. The summed E-state index contributed by atoms with van der Waals surface area (Å²) in [5.41, 5.74) is 3.83. The van der Waals surface area contributed by atoms with Gasteiger partial charge in [-0.2, -0.15) is 5.10 Å². The summed E-state index contributed by atoms with van der Waals surface area (Å²) in [7, 11) is -1.38. The molecule has 2 N–H and O–H groups in total. The number of hydrogen-bond acceptors (Lipinski definition) is 2. The van der Waals surface area contributed by atoms with Gasteiger partial charge < -0.3 is 5.11 Å². The Labute approximate surface area is 79.2 Å². The molecule has 3 nitrogen and oxygen atoms in total. The molecule has 0 saturated heterocycles. The minimum absolute atomic E-state index is 0.703. The first kappa shape index (κ1) is 10.0. The standard InChI is InChI=1S/C9H14N2OSi/c1-13(2,3)5-4-9(12)8-6-10-11-7-8/h6-7,9,12H,1-3H3,(H,10,11). The number of aromatic amines is 1. The monoisotopic (exact) mass is 194 g/mol. The van der Waals surface area contributed by atoms with Crippen molar-refractivity contribution < 1.29 is 5.11 Å². The van der Waals surface area contributed by atoms with Crippen LogP contribution in [0.25, 0.3) is 0 Å². The van der Waals surface area contributed by atoms with Gasteiger partial charge in [0.1, 0.15) is 14.2 Å². The van der Waals surface area contributed by atoms with Crippen LogP contribution in [0.2, 0.25) is 19.6 Å². The number of aliphatic hydroxyl groups is 1. The molecule has 1 atom stereocenters.